The molecule has 0 spiro atoms. The van der Waals surface area contributed by atoms with E-state index in [0.29, 0.717) is 31.5 Å². The molecule has 0 aromatic carbocycles. The Morgan fingerprint density at radius 1 is 1.26 bits per heavy atom. The molecule has 2 aliphatic heterocycles. The van der Waals surface area contributed by atoms with Crippen LogP contribution in [0.15, 0.2) is 15.4 Å². The molecule has 1 fully saturated rings. The lowest BCUT2D eigenvalue weighted by Gasteiger charge is -2.40. The van der Waals surface area contributed by atoms with Crippen LogP contribution in [-0.4, -0.2) is 57.7 Å². The van der Waals surface area contributed by atoms with Crippen LogP contribution in [0.25, 0.3) is 0 Å². The van der Waals surface area contributed by atoms with E-state index in [1.807, 2.05) is 25.7 Å². The lowest BCUT2D eigenvalue weighted by Crippen LogP contribution is -2.52. The minimum Gasteiger partial charge on any atom is -0.377 e. The summed E-state index contributed by atoms with van der Waals surface area (Å²) in [5, 5.41) is 3.83. The van der Waals surface area contributed by atoms with Crippen molar-refractivity contribution in [3.8, 4) is 0 Å². The maximum Gasteiger partial charge on any atom is 0.408 e. The number of alkyl halides is 3. The molecule has 1 saturated heterocycles. The third-order valence-corrected chi connectivity index (χ3v) is 5.56. The molecule has 4 rings (SSSR count). The Bertz CT molecular complexity index is 989. The zero-order valence-electron chi connectivity index (χ0n) is 17.6. The van der Waals surface area contributed by atoms with Gasteiger partial charge >= 0.3 is 6.18 Å². The molecule has 0 bridgehead atoms. The number of anilines is 2. The standard InChI is InChI=1S/C19H25F3N6O3/c1-11(2)17-23-14(25-31-17)9-28-13(19(20,21)22)4-5-27-16(29)8-15(24-18(27)28)26-6-7-30-10-12(26)3/h8,11-13H,4-7,9-10H2,1-3H3. The number of rotatable bonds is 4. The minimum absolute atomic E-state index is 0.0364. The van der Waals surface area contributed by atoms with E-state index in [0.717, 1.165) is 4.90 Å². The summed E-state index contributed by atoms with van der Waals surface area (Å²) >= 11 is 0. The molecule has 2 aromatic heterocycles. The Hall–Kier alpha value is -2.63. The lowest BCUT2D eigenvalue weighted by molar-refractivity contribution is -0.153. The molecule has 31 heavy (non-hydrogen) atoms. The van der Waals surface area contributed by atoms with Crippen molar-refractivity contribution in [1.29, 1.82) is 0 Å². The molecule has 0 saturated carbocycles. The smallest absolute Gasteiger partial charge is 0.377 e. The number of halogens is 3. The lowest BCUT2D eigenvalue weighted by atomic mass is 10.1. The van der Waals surface area contributed by atoms with E-state index in [1.165, 1.54) is 10.6 Å². The first-order valence-electron chi connectivity index (χ1n) is 10.3. The highest BCUT2D eigenvalue weighted by Crippen LogP contribution is 2.35. The van der Waals surface area contributed by atoms with E-state index in [1.54, 1.807) is 0 Å². The maximum absolute atomic E-state index is 13.9. The van der Waals surface area contributed by atoms with Crippen molar-refractivity contribution in [3.63, 3.8) is 0 Å². The van der Waals surface area contributed by atoms with Crippen LogP contribution in [0.2, 0.25) is 0 Å². The van der Waals surface area contributed by atoms with Gasteiger partial charge in [-0.1, -0.05) is 19.0 Å². The molecule has 2 aliphatic rings. The first kappa shape index (κ1) is 21.6. The molecule has 4 heterocycles. The molecule has 2 unspecified atom stereocenters. The second-order valence-corrected chi connectivity index (χ2v) is 8.20. The van der Waals surface area contributed by atoms with Crippen LogP contribution in [0.3, 0.4) is 0 Å². The SMILES string of the molecule is CC(C)c1nc(CN2c3nc(N4CCOCC4C)cc(=O)n3CCC2C(F)(F)F)no1. The predicted molar refractivity (Wildman–Crippen MR) is 105 cm³/mol. The van der Waals surface area contributed by atoms with Crippen LogP contribution >= 0.6 is 0 Å². The Kier molecular flexibility index (Phi) is 5.67. The molecule has 170 valence electrons. The van der Waals surface area contributed by atoms with Gasteiger partial charge in [0.2, 0.25) is 11.8 Å². The fraction of sp³-hybridized carbons (Fsp3) is 0.684. The molecular formula is C19H25F3N6O3. The van der Waals surface area contributed by atoms with E-state index < -0.39 is 12.2 Å². The summed E-state index contributed by atoms with van der Waals surface area (Å²) in [6.45, 7) is 6.70. The van der Waals surface area contributed by atoms with Crippen molar-refractivity contribution in [1.82, 2.24) is 19.7 Å². The number of morpholine rings is 1. The van der Waals surface area contributed by atoms with Gasteiger partial charge in [0.25, 0.3) is 5.56 Å². The van der Waals surface area contributed by atoms with Gasteiger partial charge in [-0.15, -0.1) is 0 Å². The number of nitrogens with zero attached hydrogens (tertiary/aromatic N) is 6. The van der Waals surface area contributed by atoms with Gasteiger partial charge in [0.1, 0.15) is 11.9 Å². The number of hydrogen-bond donors (Lipinski definition) is 0. The first-order valence-corrected chi connectivity index (χ1v) is 10.3. The van der Waals surface area contributed by atoms with E-state index in [4.69, 9.17) is 9.26 Å². The highest BCUT2D eigenvalue weighted by atomic mass is 19.4. The molecule has 0 amide bonds. The second-order valence-electron chi connectivity index (χ2n) is 8.20. The van der Waals surface area contributed by atoms with E-state index in [9.17, 15) is 18.0 Å². The Morgan fingerprint density at radius 2 is 2.03 bits per heavy atom. The van der Waals surface area contributed by atoms with Gasteiger partial charge in [-0.25, -0.2) is 0 Å². The van der Waals surface area contributed by atoms with Crippen molar-refractivity contribution in [3.05, 3.63) is 28.1 Å². The van der Waals surface area contributed by atoms with Gasteiger partial charge < -0.3 is 19.1 Å². The Labute approximate surface area is 176 Å². The van der Waals surface area contributed by atoms with Crippen molar-refractivity contribution in [2.24, 2.45) is 0 Å². The second kappa shape index (κ2) is 8.13. The summed E-state index contributed by atoms with van der Waals surface area (Å²) < 4.78 is 53.5. The molecule has 0 aliphatic carbocycles. The highest BCUT2D eigenvalue weighted by Gasteiger charge is 2.47. The van der Waals surface area contributed by atoms with E-state index >= 15 is 0 Å². The van der Waals surface area contributed by atoms with Crippen LogP contribution in [-0.2, 0) is 17.8 Å². The van der Waals surface area contributed by atoms with Gasteiger partial charge in [-0.05, 0) is 13.3 Å². The summed E-state index contributed by atoms with van der Waals surface area (Å²) in [6.07, 6.45) is -4.77. The van der Waals surface area contributed by atoms with Crippen molar-refractivity contribution < 1.29 is 22.4 Å². The first-order chi connectivity index (χ1) is 14.6. The quantitative estimate of drug-likeness (QED) is 0.713. The van der Waals surface area contributed by atoms with Gasteiger partial charge in [0.05, 0.1) is 25.8 Å². The molecule has 0 radical (unpaired) electrons. The predicted octanol–water partition coefficient (Wildman–Crippen LogP) is 2.32. The number of hydrogen-bond acceptors (Lipinski definition) is 8. The van der Waals surface area contributed by atoms with Gasteiger partial charge in [-0.3, -0.25) is 9.36 Å². The minimum atomic E-state index is -4.50. The third kappa shape index (κ3) is 4.25. The summed E-state index contributed by atoms with van der Waals surface area (Å²) in [5.41, 5.74) is -0.389. The van der Waals surface area contributed by atoms with Crippen LogP contribution in [0, 0.1) is 0 Å². The van der Waals surface area contributed by atoms with Crippen LogP contribution in [0.4, 0.5) is 24.9 Å². The van der Waals surface area contributed by atoms with E-state index in [-0.39, 0.29) is 48.8 Å². The summed E-state index contributed by atoms with van der Waals surface area (Å²) in [7, 11) is 0. The average Bonchev–Trinajstić information content (AvgIpc) is 3.17. The number of aromatic nitrogens is 4. The topological polar surface area (TPSA) is 89.5 Å². The largest absolute Gasteiger partial charge is 0.408 e. The average molecular weight is 442 g/mol. The maximum atomic E-state index is 13.9. The molecule has 9 nitrogen and oxygen atoms in total. The zero-order valence-corrected chi connectivity index (χ0v) is 17.6. The van der Waals surface area contributed by atoms with Gasteiger partial charge in [0, 0.05) is 25.1 Å². The number of ether oxygens (including phenoxy) is 1. The monoisotopic (exact) mass is 442 g/mol. The molecular weight excluding hydrogens is 417 g/mol. The molecule has 12 heteroatoms. The van der Waals surface area contributed by atoms with Gasteiger partial charge in [0.15, 0.2) is 5.82 Å². The molecule has 2 atom stereocenters. The normalized spacial score (nSPS) is 22.2. The summed E-state index contributed by atoms with van der Waals surface area (Å²) in [5.74, 6) is 0.715. The van der Waals surface area contributed by atoms with Crippen molar-refractivity contribution in [2.75, 3.05) is 29.6 Å². The molecule has 2 aromatic rings. The van der Waals surface area contributed by atoms with Crippen LogP contribution < -0.4 is 15.4 Å². The highest BCUT2D eigenvalue weighted by molar-refractivity contribution is 5.47. The van der Waals surface area contributed by atoms with E-state index in [2.05, 4.69) is 15.1 Å². The van der Waals surface area contributed by atoms with Crippen molar-refractivity contribution >= 4 is 11.8 Å². The summed E-state index contributed by atoms with van der Waals surface area (Å²) in [4.78, 5) is 24.5. The Morgan fingerprint density at radius 3 is 2.68 bits per heavy atom. The fourth-order valence-corrected chi connectivity index (χ4v) is 3.91. The fourth-order valence-electron chi connectivity index (χ4n) is 3.91. The number of fused-ring (bicyclic) bond motifs is 1. The molecule has 0 N–H and O–H groups in total. The third-order valence-electron chi connectivity index (χ3n) is 5.56. The van der Waals surface area contributed by atoms with Crippen LogP contribution in [0.5, 0.6) is 0 Å². The van der Waals surface area contributed by atoms with Crippen LogP contribution in [0.1, 0.15) is 44.8 Å². The van der Waals surface area contributed by atoms with Crippen molar-refractivity contribution in [2.45, 2.75) is 64.5 Å². The Balaban J connectivity index is 1.76. The summed E-state index contributed by atoms with van der Waals surface area (Å²) in [6, 6.07) is -0.481. The zero-order chi connectivity index (χ0) is 22.3. The van der Waals surface area contributed by atoms with Gasteiger partial charge in [-0.2, -0.15) is 23.1 Å².